The third-order valence-electron chi connectivity index (χ3n) is 3.37. The molecule has 0 radical (unpaired) electrons. The number of hydrogen-bond donors (Lipinski definition) is 0. The Labute approximate surface area is 109 Å². The number of halogens is 2. The van der Waals surface area contributed by atoms with Gasteiger partial charge in [0, 0.05) is 10.9 Å². The summed E-state index contributed by atoms with van der Waals surface area (Å²) in [6, 6.07) is 0. The number of allylic oxidation sites excluding steroid dienone is 1. The van der Waals surface area contributed by atoms with Crippen LogP contribution < -0.4 is 0 Å². The van der Waals surface area contributed by atoms with E-state index < -0.39 is 0 Å². The number of esters is 1. The lowest BCUT2D eigenvalue weighted by molar-refractivity contribution is -0.146. The van der Waals surface area contributed by atoms with Gasteiger partial charge in [0.15, 0.2) is 0 Å². The van der Waals surface area contributed by atoms with E-state index in [0.717, 1.165) is 30.2 Å². The van der Waals surface area contributed by atoms with Crippen molar-refractivity contribution in [2.24, 2.45) is 5.41 Å². The van der Waals surface area contributed by atoms with E-state index in [1.807, 2.05) is 13.8 Å². The Kier molecular flexibility index (Phi) is 3.37. The van der Waals surface area contributed by atoms with Crippen molar-refractivity contribution in [2.45, 2.75) is 51.0 Å². The smallest absolute Gasteiger partial charge is 0.312 e. The topological polar surface area (TPSA) is 26.3 Å². The second-order valence-electron chi connectivity index (χ2n) is 5.21. The number of hydrogen-bond acceptors (Lipinski definition) is 2. The third kappa shape index (κ3) is 2.17. The first-order valence-corrected chi connectivity index (χ1v) is 6.88. The van der Waals surface area contributed by atoms with Crippen molar-refractivity contribution in [1.82, 2.24) is 0 Å². The lowest BCUT2D eigenvalue weighted by atomic mass is 9.85. The largest absolute Gasteiger partial charge is 0.457 e. The van der Waals surface area contributed by atoms with Gasteiger partial charge in [-0.1, -0.05) is 15.9 Å². The molecule has 1 aliphatic heterocycles. The van der Waals surface area contributed by atoms with Crippen LogP contribution in [0.2, 0.25) is 0 Å². The predicted octanol–water partition coefficient (Wildman–Crippen LogP) is 3.77. The summed E-state index contributed by atoms with van der Waals surface area (Å²) in [6.45, 7) is 3.87. The molecule has 90 valence electrons. The lowest BCUT2D eigenvalue weighted by Gasteiger charge is -2.24. The highest BCUT2D eigenvalue weighted by Gasteiger charge is 2.43. The van der Waals surface area contributed by atoms with Crippen molar-refractivity contribution in [1.29, 1.82) is 0 Å². The minimum Gasteiger partial charge on any atom is -0.457 e. The van der Waals surface area contributed by atoms with E-state index in [4.69, 9.17) is 16.3 Å². The average molecular weight is 308 g/mol. The Balaban J connectivity index is 2.21. The first-order valence-electron chi connectivity index (χ1n) is 5.65. The third-order valence-corrected chi connectivity index (χ3v) is 5.13. The molecule has 0 amide bonds. The summed E-state index contributed by atoms with van der Waals surface area (Å²) in [4.78, 5) is 11.6. The second kappa shape index (κ2) is 4.34. The Morgan fingerprint density at radius 1 is 1.50 bits per heavy atom. The maximum absolute atomic E-state index is 11.6. The fourth-order valence-corrected chi connectivity index (χ4v) is 3.28. The molecule has 4 heteroatoms. The van der Waals surface area contributed by atoms with Gasteiger partial charge in [0.05, 0.1) is 10.8 Å². The molecule has 0 unspecified atom stereocenters. The van der Waals surface area contributed by atoms with Crippen LogP contribution in [0.1, 0.15) is 39.5 Å². The van der Waals surface area contributed by atoms with Crippen molar-refractivity contribution >= 4 is 33.5 Å². The molecule has 2 atom stereocenters. The van der Waals surface area contributed by atoms with Gasteiger partial charge in [-0.25, -0.2) is 0 Å². The summed E-state index contributed by atoms with van der Waals surface area (Å²) in [5.41, 5.74) is 0.828. The fraction of sp³-hybridized carbons (Fsp3) is 0.750. The summed E-state index contributed by atoms with van der Waals surface area (Å²) in [7, 11) is 0. The van der Waals surface area contributed by atoms with Gasteiger partial charge in [0.1, 0.15) is 6.10 Å². The summed E-state index contributed by atoms with van der Waals surface area (Å²) < 4.78 is 6.49. The second-order valence-corrected chi connectivity index (χ2v) is 6.60. The highest BCUT2D eigenvalue weighted by atomic mass is 79.9. The Morgan fingerprint density at radius 3 is 2.75 bits per heavy atom. The molecular weight excluding hydrogens is 291 g/mol. The Bertz CT molecular complexity index is 349. The molecule has 0 aromatic carbocycles. The molecule has 0 aromatic heterocycles. The minimum absolute atomic E-state index is 0.0474. The molecule has 0 N–H and O–H groups in total. The van der Waals surface area contributed by atoms with E-state index in [2.05, 4.69) is 15.9 Å². The normalized spacial score (nSPS) is 34.1. The van der Waals surface area contributed by atoms with E-state index in [-0.39, 0.29) is 22.9 Å². The van der Waals surface area contributed by atoms with Crippen molar-refractivity contribution in [3.8, 4) is 0 Å². The molecule has 2 nitrogen and oxygen atoms in total. The van der Waals surface area contributed by atoms with Crippen molar-refractivity contribution < 1.29 is 9.53 Å². The molecule has 0 bridgehead atoms. The van der Waals surface area contributed by atoms with Gasteiger partial charge in [0.2, 0.25) is 0 Å². The quantitative estimate of drug-likeness (QED) is 0.544. The van der Waals surface area contributed by atoms with Gasteiger partial charge in [-0.2, -0.15) is 0 Å². The highest BCUT2D eigenvalue weighted by Crippen LogP contribution is 2.42. The van der Waals surface area contributed by atoms with Crippen LogP contribution in [0, 0.1) is 5.41 Å². The fourth-order valence-electron chi connectivity index (χ4n) is 2.31. The molecule has 16 heavy (non-hydrogen) atoms. The first-order chi connectivity index (χ1) is 7.42. The van der Waals surface area contributed by atoms with Crippen molar-refractivity contribution in [2.75, 3.05) is 0 Å². The summed E-state index contributed by atoms with van der Waals surface area (Å²) >= 11 is 9.75. The minimum atomic E-state index is -0.357. The monoisotopic (exact) mass is 306 g/mol. The molecule has 0 aromatic rings. The highest BCUT2D eigenvalue weighted by molar-refractivity contribution is 9.11. The molecule has 0 saturated carbocycles. The van der Waals surface area contributed by atoms with Crippen LogP contribution in [-0.2, 0) is 9.53 Å². The number of carbonyl (C=O) groups is 1. The zero-order chi connectivity index (χ0) is 11.9. The number of rotatable bonds is 1. The van der Waals surface area contributed by atoms with Crippen LogP contribution in [0.4, 0.5) is 0 Å². The standard InChI is InChI=1S/C12H16BrClO2/c1-12(2)6-9(16-11(12)15)7-4-3-5-8(14)10(7)13/h8-9H,3-6H2,1-2H3/t8-,9-/m1/s1. The average Bonchev–Trinajstić information content (AvgIpc) is 2.46. The van der Waals surface area contributed by atoms with Crippen LogP contribution in [0.3, 0.4) is 0 Å². The first kappa shape index (κ1) is 12.4. The summed E-state index contributed by atoms with van der Waals surface area (Å²) in [5.74, 6) is -0.0954. The molecule has 2 rings (SSSR count). The Morgan fingerprint density at radius 2 is 2.19 bits per heavy atom. The lowest BCUT2D eigenvalue weighted by Crippen LogP contribution is -2.18. The van der Waals surface area contributed by atoms with Gasteiger partial charge < -0.3 is 4.74 Å². The van der Waals surface area contributed by atoms with Gasteiger partial charge in [-0.15, -0.1) is 11.6 Å². The van der Waals surface area contributed by atoms with Gasteiger partial charge in [0.25, 0.3) is 0 Å². The summed E-state index contributed by atoms with van der Waals surface area (Å²) in [6.07, 6.45) is 3.75. The number of cyclic esters (lactones) is 1. The van der Waals surface area contributed by atoms with E-state index in [9.17, 15) is 4.79 Å². The zero-order valence-corrected chi connectivity index (χ0v) is 11.9. The van der Waals surface area contributed by atoms with Crippen molar-refractivity contribution in [3.05, 3.63) is 10.1 Å². The SMILES string of the molecule is CC1(C)C[C@H](C2=C(Br)[C@H](Cl)CCC2)OC1=O. The Hall–Kier alpha value is -0.0200. The van der Waals surface area contributed by atoms with E-state index >= 15 is 0 Å². The molecule has 1 heterocycles. The van der Waals surface area contributed by atoms with Crippen molar-refractivity contribution in [3.63, 3.8) is 0 Å². The maximum Gasteiger partial charge on any atom is 0.312 e. The molecule has 2 aliphatic rings. The van der Waals surface area contributed by atoms with Gasteiger partial charge in [-0.05, 0) is 38.7 Å². The maximum atomic E-state index is 11.6. The van der Waals surface area contributed by atoms with Crippen LogP contribution >= 0.6 is 27.5 Å². The number of ether oxygens (including phenoxy) is 1. The molecule has 1 fully saturated rings. The molecular formula is C12H16BrClO2. The van der Waals surface area contributed by atoms with E-state index in [0.29, 0.717) is 0 Å². The van der Waals surface area contributed by atoms with E-state index in [1.165, 1.54) is 5.57 Å². The summed E-state index contributed by atoms with van der Waals surface area (Å²) in [5, 5.41) is 0.0474. The van der Waals surface area contributed by atoms with Gasteiger partial charge >= 0.3 is 5.97 Å². The molecule has 1 aliphatic carbocycles. The van der Waals surface area contributed by atoms with Crippen LogP contribution in [0.25, 0.3) is 0 Å². The predicted molar refractivity (Wildman–Crippen MR) is 67.7 cm³/mol. The number of carbonyl (C=O) groups excluding carboxylic acids is 1. The zero-order valence-electron chi connectivity index (χ0n) is 9.56. The van der Waals surface area contributed by atoms with Crippen LogP contribution in [0.15, 0.2) is 10.1 Å². The van der Waals surface area contributed by atoms with Crippen LogP contribution in [-0.4, -0.2) is 17.5 Å². The van der Waals surface area contributed by atoms with Gasteiger partial charge in [-0.3, -0.25) is 4.79 Å². The van der Waals surface area contributed by atoms with E-state index in [1.54, 1.807) is 0 Å². The van der Waals surface area contributed by atoms with Crippen LogP contribution in [0.5, 0.6) is 0 Å². The molecule has 0 spiro atoms. The molecule has 1 saturated heterocycles. The number of alkyl halides is 1.